The van der Waals surface area contributed by atoms with Gasteiger partial charge in [-0.3, -0.25) is 14.9 Å². The van der Waals surface area contributed by atoms with E-state index in [1.54, 1.807) is 0 Å². The number of nitro benzene ring substituents is 1. The van der Waals surface area contributed by atoms with E-state index in [0.717, 1.165) is 0 Å². The highest BCUT2D eigenvalue weighted by molar-refractivity contribution is 6.33. The molecular weight excluding hydrogens is 270 g/mol. The van der Waals surface area contributed by atoms with E-state index in [9.17, 15) is 14.9 Å². The highest BCUT2D eigenvalue weighted by atomic mass is 35.5. The zero-order chi connectivity index (χ0) is 14.8. The Morgan fingerprint density at radius 3 is 2.47 bits per heavy atom. The van der Waals surface area contributed by atoms with Crippen LogP contribution in [-0.4, -0.2) is 16.9 Å². The number of rotatable bonds is 3. The predicted molar refractivity (Wildman–Crippen MR) is 74.2 cm³/mol. The highest BCUT2D eigenvalue weighted by Gasteiger charge is 2.27. The minimum absolute atomic E-state index is 0.0351. The number of anilines is 1. The van der Waals surface area contributed by atoms with Gasteiger partial charge in [-0.1, -0.05) is 32.4 Å². The van der Waals surface area contributed by atoms with Crippen molar-refractivity contribution < 1.29 is 9.72 Å². The van der Waals surface area contributed by atoms with Crippen LogP contribution in [-0.2, 0) is 4.79 Å². The maximum Gasteiger partial charge on any atom is 0.288 e. The quantitative estimate of drug-likeness (QED) is 0.658. The lowest BCUT2D eigenvalue weighted by Gasteiger charge is -2.25. The second-order valence-electron chi connectivity index (χ2n) is 5.26. The van der Waals surface area contributed by atoms with Gasteiger partial charge in [0.15, 0.2) is 0 Å². The Hall–Kier alpha value is -1.66. The fraction of sp³-hybridized carbons (Fsp3) is 0.417. The van der Waals surface area contributed by atoms with E-state index in [0.29, 0.717) is 5.69 Å². The zero-order valence-electron chi connectivity index (χ0n) is 10.9. The van der Waals surface area contributed by atoms with Crippen LogP contribution in [0.1, 0.15) is 20.8 Å². The molecule has 0 aromatic heterocycles. The lowest BCUT2D eigenvalue weighted by Crippen LogP contribution is -2.45. The number of amides is 1. The lowest BCUT2D eigenvalue weighted by atomic mass is 9.87. The summed E-state index contributed by atoms with van der Waals surface area (Å²) in [6.45, 7) is 5.54. The van der Waals surface area contributed by atoms with Gasteiger partial charge in [0, 0.05) is 11.8 Å². The monoisotopic (exact) mass is 285 g/mol. The van der Waals surface area contributed by atoms with Crippen LogP contribution in [0.15, 0.2) is 18.2 Å². The van der Waals surface area contributed by atoms with Crippen molar-refractivity contribution in [1.82, 2.24) is 0 Å². The molecule has 0 radical (unpaired) electrons. The van der Waals surface area contributed by atoms with Crippen LogP contribution in [0.25, 0.3) is 0 Å². The van der Waals surface area contributed by atoms with Crippen molar-refractivity contribution in [3.05, 3.63) is 33.3 Å². The van der Waals surface area contributed by atoms with E-state index in [1.165, 1.54) is 18.2 Å². The van der Waals surface area contributed by atoms with Crippen LogP contribution < -0.4 is 11.1 Å². The van der Waals surface area contributed by atoms with Gasteiger partial charge in [-0.05, 0) is 17.5 Å². The zero-order valence-corrected chi connectivity index (χ0v) is 11.7. The number of hydrogen-bond donors (Lipinski definition) is 2. The minimum Gasteiger partial charge on any atom is -0.325 e. The van der Waals surface area contributed by atoms with E-state index in [2.05, 4.69) is 5.32 Å². The number of carbonyl (C=O) groups excluding carboxylic acids is 1. The number of nitro groups is 1. The standard InChI is InChI=1S/C12H16ClN3O3/c1-12(2,3)10(14)11(17)15-7-4-5-9(16(18)19)8(13)6-7/h4-6,10H,14H2,1-3H3,(H,15,17). The summed E-state index contributed by atoms with van der Waals surface area (Å²) in [5, 5.41) is 13.2. The largest absolute Gasteiger partial charge is 0.325 e. The Kier molecular flexibility index (Phi) is 4.49. The number of hydrogen-bond acceptors (Lipinski definition) is 4. The third-order valence-electron chi connectivity index (χ3n) is 2.63. The fourth-order valence-corrected chi connectivity index (χ4v) is 1.60. The molecule has 1 aromatic carbocycles. The Morgan fingerprint density at radius 1 is 1.47 bits per heavy atom. The third-order valence-corrected chi connectivity index (χ3v) is 2.93. The van der Waals surface area contributed by atoms with Crippen molar-refractivity contribution in [1.29, 1.82) is 0 Å². The maximum absolute atomic E-state index is 11.9. The molecule has 1 aromatic rings. The first-order chi connectivity index (χ1) is 8.62. The molecule has 6 nitrogen and oxygen atoms in total. The van der Waals surface area contributed by atoms with Crippen molar-refractivity contribution in [2.45, 2.75) is 26.8 Å². The third kappa shape index (κ3) is 3.90. The number of benzene rings is 1. The summed E-state index contributed by atoms with van der Waals surface area (Å²) in [6, 6.07) is 3.28. The normalized spacial score (nSPS) is 12.9. The molecule has 7 heteroatoms. The van der Waals surface area contributed by atoms with Crippen LogP contribution in [0.5, 0.6) is 0 Å². The van der Waals surface area contributed by atoms with Crippen LogP contribution in [0.2, 0.25) is 5.02 Å². The molecule has 19 heavy (non-hydrogen) atoms. The molecular formula is C12H16ClN3O3. The summed E-state index contributed by atoms with van der Waals surface area (Å²) >= 11 is 5.75. The second kappa shape index (κ2) is 5.54. The maximum atomic E-state index is 11.9. The molecule has 0 saturated carbocycles. The first kappa shape index (κ1) is 15.4. The number of nitrogens with two attached hydrogens (primary N) is 1. The summed E-state index contributed by atoms with van der Waals surface area (Å²) in [4.78, 5) is 21.9. The second-order valence-corrected chi connectivity index (χ2v) is 5.66. The fourth-order valence-electron chi connectivity index (χ4n) is 1.35. The van der Waals surface area contributed by atoms with E-state index in [-0.39, 0.29) is 22.0 Å². The van der Waals surface area contributed by atoms with Crippen molar-refractivity contribution in [3.8, 4) is 0 Å². The smallest absolute Gasteiger partial charge is 0.288 e. The minimum atomic E-state index is -0.693. The molecule has 0 bridgehead atoms. The number of halogens is 1. The van der Waals surface area contributed by atoms with Crippen molar-refractivity contribution in [2.75, 3.05) is 5.32 Å². The summed E-state index contributed by atoms with van der Waals surface area (Å²) < 4.78 is 0. The van der Waals surface area contributed by atoms with E-state index >= 15 is 0 Å². The van der Waals surface area contributed by atoms with Crippen LogP contribution >= 0.6 is 11.6 Å². The SMILES string of the molecule is CC(C)(C)C(N)C(=O)Nc1ccc([N+](=O)[O-])c(Cl)c1. The molecule has 104 valence electrons. The van der Waals surface area contributed by atoms with Gasteiger partial charge in [-0.15, -0.1) is 0 Å². The Labute approximate surface area is 116 Å². The van der Waals surface area contributed by atoms with Crippen molar-refractivity contribution >= 4 is 28.9 Å². The predicted octanol–water partition coefficient (Wildman–Crippen LogP) is 2.56. The van der Waals surface area contributed by atoms with Crippen LogP contribution in [0.3, 0.4) is 0 Å². The summed E-state index contributed by atoms with van der Waals surface area (Å²) in [6.07, 6.45) is 0. The average Bonchev–Trinajstić information content (AvgIpc) is 2.26. The van der Waals surface area contributed by atoms with Crippen molar-refractivity contribution in [2.24, 2.45) is 11.1 Å². The Bertz CT molecular complexity index is 511. The molecule has 1 amide bonds. The summed E-state index contributed by atoms with van der Waals surface area (Å²) in [5.74, 6) is -0.364. The Balaban J connectivity index is 2.87. The molecule has 0 heterocycles. The first-order valence-electron chi connectivity index (χ1n) is 5.63. The summed E-state index contributed by atoms with van der Waals surface area (Å²) in [7, 11) is 0. The lowest BCUT2D eigenvalue weighted by molar-refractivity contribution is -0.384. The van der Waals surface area contributed by atoms with Gasteiger partial charge in [0.05, 0.1) is 11.0 Å². The average molecular weight is 286 g/mol. The topological polar surface area (TPSA) is 98.3 Å². The number of nitrogens with zero attached hydrogens (tertiary/aromatic N) is 1. The van der Waals surface area contributed by atoms with Gasteiger partial charge in [0.25, 0.3) is 5.69 Å². The molecule has 0 aliphatic carbocycles. The Morgan fingerprint density at radius 2 is 2.05 bits per heavy atom. The molecule has 0 saturated heterocycles. The first-order valence-corrected chi connectivity index (χ1v) is 6.01. The van der Waals surface area contributed by atoms with Gasteiger partial charge in [0.1, 0.15) is 5.02 Å². The van der Waals surface area contributed by atoms with E-state index in [1.807, 2.05) is 20.8 Å². The molecule has 3 N–H and O–H groups in total. The number of nitrogens with one attached hydrogen (secondary N) is 1. The van der Waals surface area contributed by atoms with Crippen LogP contribution in [0, 0.1) is 15.5 Å². The van der Waals surface area contributed by atoms with Crippen LogP contribution in [0.4, 0.5) is 11.4 Å². The highest BCUT2D eigenvalue weighted by Crippen LogP contribution is 2.27. The molecule has 0 fully saturated rings. The molecule has 0 aliphatic heterocycles. The van der Waals surface area contributed by atoms with E-state index < -0.39 is 11.0 Å². The molecule has 1 rings (SSSR count). The van der Waals surface area contributed by atoms with Gasteiger partial charge in [-0.25, -0.2) is 0 Å². The molecule has 0 spiro atoms. The van der Waals surface area contributed by atoms with Gasteiger partial charge < -0.3 is 11.1 Å². The van der Waals surface area contributed by atoms with E-state index in [4.69, 9.17) is 17.3 Å². The summed E-state index contributed by atoms with van der Waals surface area (Å²) in [5.41, 5.74) is 5.59. The van der Waals surface area contributed by atoms with Gasteiger partial charge in [-0.2, -0.15) is 0 Å². The molecule has 1 unspecified atom stereocenters. The molecule has 0 aliphatic rings. The van der Waals surface area contributed by atoms with Gasteiger partial charge in [0.2, 0.25) is 5.91 Å². The number of carbonyl (C=O) groups is 1. The van der Waals surface area contributed by atoms with Gasteiger partial charge >= 0.3 is 0 Å². The molecule has 1 atom stereocenters. The van der Waals surface area contributed by atoms with Crippen molar-refractivity contribution in [3.63, 3.8) is 0 Å².